The van der Waals surface area contributed by atoms with Gasteiger partial charge in [0.15, 0.2) is 0 Å². The molecule has 11 aromatic carbocycles. The highest BCUT2D eigenvalue weighted by atomic mass is 15.1. The summed E-state index contributed by atoms with van der Waals surface area (Å²) in [6, 6.07) is 96.2. The van der Waals surface area contributed by atoms with Gasteiger partial charge in [-0.1, -0.05) is 218 Å². The van der Waals surface area contributed by atoms with Gasteiger partial charge in [0.05, 0.1) is 11.1 Å². The Morgan fingerprint density at radius 2 is 0.719 bits per heavy atom. The third-order valence-corrected chi connectivity index (χ3v) is 13.3. The van der Waals surface area contributed by atoms with E-state index < -0.39 is 5.41 Å². The van der Waals surface area contributed by atoms with Crippen LogP contribution in [0.15, 0.2) is 261 Å². The van der Waals surface area contributed by atoms with Gasteiger partial charge in [-0.2, -0.15) is 0 Å². The Morgan fingerprint density at radius 3 is 1.30 bits per heavy atom. The highest BCUT2D eigenvalue weighted by Crippen LogP contribution is 2.58. The fourth-order valence-corrected chi connectivity index (χ4v) is 10.4. The molecule has 0 N–H and O–H groups in total. The lowest BCUT2D eigenvalue weighted by atomic mass is 9.67. The molecule has 0 aliphatic heterocycles. The number of hydrogen-bond acceptors (Lipinski definition) is 1. The largest absolute Gasteiger partial charge is 0.310 e. The fourth-order valence-electron chi connectivity index (χ4n) is 10.4. The van der Waals surface area contributed by atoms with Crippen LogP contribution in [-0.2, 0) is 5.41 Å². The molecule has 0 unspecified atom stereocenters. The quantitative estimate of drug-likeness (QED) is 0.138. The first-order valence-electron chi connectivity index (χ1n) is 22.2. The van der Waals surface area contributed by atoms with E-state index in [2.05, 4.69) is 266 Å². The normalized spacial score (nSPS) is 12.5. The minimum Gasteiger partial charge on any atom is -0.310 e. The molecule has 0 bridgehead atoms. The first-order chi connectivity index (χ1) is 31.7. The van der Waals surface area contributed by atoms with Gasteiger partial charge < -0.3 is 4.90 Å². The second-order valence-corrected chi connectivity index (χ2v) is 16.8. The summed E-state index contributed by atoms with van der Waals surface area (Å²) in [7, 11) is 0. The van der Waals surface area contributed by atoms with E-state index in [0.29, 0.717) is 0 Å². The van der Waals surface area contributed by atoms with Crippen molar-refractivity contribution in [3.05, 3.63) is 283 Å². The predicted octanol–water partition coefficient (Wildman–Crippen LogP) is 16.8. The lowest BCUT2D eigenvalue weighted by molar-refractivity contribution is 0.768. The number of nitrogens with zero attached hydrogens (tertiary/aromatic N) is 1. The topological polar surface area (TPSA) is 3.24 Å². The van der Waals surface area contributed by atoms with E-state index in [0.717, 1.165) is 28.2 Å². The number of hydrogen-bond donors (Lipinski definition) is 0. The van der Waals surface area contributed by atoms with Gasteiger partial charge in [-0.15, -0.1) is 0 Å². The third-order valence-electron chi connectivity index (χ3n) is 13.3. The Bertz CT molecular complexity index is 3370. The minimum atomic E-state index is -0.605. The van der Waals surface area contributed by atoms with Crippen LogP contribution in [-0.4, -0.2) is 0 Å². The van der Waals surface area contributed by atoms with Gasteiger partial charge in [-0.05, 0) is 125 Å². The molecule has 11 aromatic rings. The Kier molecular flexibility index (Phi) is 9.13. The number of fused-ring (bicyclic) bond motifs is 6. The van der Waals surface area contributed by atoms with Gasteiger partial charge in [-0.25, -0.2) is 0 Å². The average Bonchev–Trinajstić information content (AvgIpc) is 3.67. The SMILES string of the molecule is c1ccc(-c2cc(-c3ccccc3)cc(N(c3ccc4c(c3)C(c3ccccc3)(c3ccccc3)c3cc(-c5ccccc5)ccc3-4)c3cc4ccccc4c4ccccc34)c2)cc1. The van der Waals surface area contributed by atoms with Crippen molar-refractivity contribution in [2.75, 3.05) is 4.90 Å². The molecule has 0 atom stereocenters. The average molecular weight is 814 g/mol. The van der Waals surface area contributed by atoms with Crippen molar-refractivity contribution < 1.29 is 0 Å². The van der Waals surface area contributed by atoms with Crippen LogP contribution in [0.4, 0.5) is 17.1 Å². The van der Waals surface area contributed by atoms with Crippen molar-refractivity contribution in [1.82, 2.24) is 0 Å². The zero-order valence-electron chi connectivity index (χ0n) is 35.3. The van der Waals surface area contributed by atoms with Crippen molar-refractivity contribution in [2.45, 2.75) is 5.41 Å². The van der Waals surface area contributed by atoms with E-state index in [1.54, 1.807) is 0 Å². The van der Waals surface area contributed by atoms with E-state index in [4.69, 9.17) is 0 Å². The molecule has 12 rings (SSSR count). The maximum Gasteiger partial charge on any atom is 0.0714 e. The summed E-state index contributed by atoms with van der Waals surface area (Å²) in [6.45, 7) is 0. The smallest absolute Gasteiger partial charge is 0.0714 e. The molecule has 1 aliphatic rings. The van der Waals surface area contributed by atoms with Crippen LogP contribution in [0.2, 0.25) is 0 Å². The molecule has 0 fully saturated rings. The maximum absolute atomic E-state index is 2.52. The molecule has 0 saturated carbocycles. The van der Waals surface area contributed by atoms with Crippen molar-refractivity contribution in [3.8, 4) is 44.5 Å². The molecule has 0 amide bonds. The summed E-state index contributed by atoms with van der Waals surface area (Å²) < 4.78 is 0. The Labute approximate surface area is 374 Å². The van der Waals surface area contributed by atoms with Gasteiger partial charge in [0.2, 0.25) is 0 Å². The molecule has 0 heterocycles. The highest BCUT2D eigenvalue weighted by molar-refractivity contribution is 6.15. The molecule has 0 saturated heterocycles. The predicted molar refractivity (Wildman–Crippen MR) is 270 cm³/mol. The Hall–Kier alpha value is -8.26. The summed E-state index contributed by atoms with van der Waals surface area (Å²) in [6.07, 6.45) is 0. The minimum absolute atomic E-state index is 0.605. The van der Waals surface area contributed by atoms with E-state index in [1.807, 2.05) is 0 Å². The number of rotatable bonds is 8. The maximum atomic E-state index is 2.52. The molecule has 300 valence electrons. The van der Waals surface area contributed by atoms with E-state index >= 15 is 0 Å². The second-order valence-electron chi connectivity index (χ2n) is 16.8. The summed E-state index contributed by atoms with van der Waals surface area (Å²) in [5, 5.41) is 4.87. The van der Waals surface area contributed by atoms with Crippen LogP contribution in [0.1, 0.15) is 22.3 Å². The van der Waals surface area contributed by atoms with Crippen LogP contribution in [0.3, 0.4) is 0 Å². The lowest BCUT2D eigenvalue weighted by Gasteiger charge is -2.35. The van der Waals surface area contributed by atoms with Crippen molar-refractivity contribution in [1.29, 1.82) is 0 Å². The Balaban J connectivity index is 1.18. The highest BCUT2D eigenvalue weighted by Gasteiger charge is 2.46. The summed E-state index contributed by atoms with van der Waals surface area (Å²) in [4.78, 5) is 2.52. The van der Waals surface area contributed by atoms with Gasteiger partial charge in [-0.3, -0.25) is 0 Å². The molecular formula is C63H43N. The zero-order chi connectivity index (χ0) is 42.5. The molecule has 0 aromatic heterocycles. The van der Waals surface area contributed by atoms with Crippen LogP contribution in [0.25, 0.3) is 66.1 Å². The summed E-state index contributed by atoms with van der Waals surface area (Å²) >= 11 is 0. The van der Waals surface area contributed by atoms with E-state index in [1.165, 1.54) is 77.2 Å². The summed E-state index contributed by atoms with van der Waals surface area (Å²) in [5.41, 5.74) is 17.3. The van der Waals surface area contributed by atoms with Crippen LogP contribution in [0.5, 0.6) is 0 Å². The zero-order valence-corrected chi connectivity index (χ0v) is 35.3. The van der Waals surface area contributed by atoms with E-state index in [-0.39, 0.29) is 0 Å². The monoisotopic (exact) mass is 813 g/mol. The molecule has 64 heavy (non-hydrogen) atoms. The van der Waals surface area contributed by atoms with Crippen LogP contribution >= 0.6 is 0 Å². The van der Waals surface area contributed by atoms with Crippen molar-refractivity contribution in [3.63, 3.8) is 0 Å². The van der Waals surface area contributed by atoms with Gasteiger partial charge in [0, 0.05) is 16.8 Å². The van der Waals surface area contributed by atoms with Gasteiger partial charge in [0.25, 0.3) is 0 Å². The molecule has 0 spiro atoms. The third kappa shape index (κ3) is 6.16. The molecule has 1 aliphatic carbocycles. The van der Waals surface area contributed by atoms with Gasteiger partial charge >= 0.3 is 0 Å². The molecular weight excluding hydrogens is 771 g/mol. The first kappa shape index (κ1) is 37.5. The molecule has 1 nitrogen and oxygen atoms in total. The van der Waals surface area contributed by atoms with Crippen molar-refractivity contribution >= 4 is 38.6 Å². The van der Waals surface area contributed by atoms with Crippen LogP contribution in [0, 0.1) is 0 Å². The standard InChI is InChI=1S/C63H43N/c1-6-20-44(21-7-1)47-34-36-57-58-37-35-53(43-61(58)63(60(57)41-47,51-27-12-4-13-28-51)52-29-14-5-15-30-52)64(62-42-48-26-16-17-31-55(48)56-32-18-19-33-59(56)62)54-39-49(45-22-8-2-9-23-45)38-50(40-54)46-24-10-3-11-25-46/h1-43H. The number of benzene rings is 11. The first-order valence-corrected chi connectivity index (χ1v) is 22.2. The van der Waals surface area contributed by atoms with Crippen molar-refractivity contribution in [2.24, 2.45) is 0 Å². The second kappa shape index (κ2) is 15.6. The van der Waals surface area contributed by atoms with Gasteiger partial charge in [0.1, 0.15) is 0 Å². The number of anilines is 3. The Morgan fingerprint density at radius 1 is 0.266 bits per heavy atom. The van der Waals surface area contributed by atoms with E-state index in [9.17, 15) is 0 Å². The summed E-state index contributed by atoms with van der Waals surface area (Å²) in [5.74, 6) is 0. The lowest BCUT2D eigenvalue weighted by Crippen LogP contribution is -2.28. The molecule has 0 radical (unpaired) electrons. The fraction of sp³-hybridized carbons (Fsp3) is 0.0159. The molecule has 1 heteroatoms. The van der Waals surface area contributed by atoms with Crippen LogP contribution < -0.4 is 4.90 Å².